The topological polar surface area (TPSA) is 122 Å². The molecule has 0 aromatic heterocycles. The van der Waals surface area contributed by atoms with Crippen LogP contribution >= 0.6 is 0 Å². The van der Waals surface area contributed by atoms with E-state index in [1.54, 1.807) is 0 Å². The van der Waals surface area contributed by atoms with Crippen LogP contribution in [0.15, 0.2) is 11.8 Å². The van der Waals surface area contributed by atoms with Gasteiger partial charge in [-0.2, -0.15) is 0 Å². The highest BCUT2D eigenvalue weighted by Crippen LogP contribution is 2.22. The third kappa shape index (κ3) is 1.78. The van der Waals surface area contributed by atoms with E-state index in [0.29, 0.717) is 12.8 Å². The van der Waals surface area contributed by atoms with E-state index >= 15 is 0 Å². The van der Waals surface area contributed by atoms with Gasteiger partial charge in [0.2, 0.25) is 11.5 Å². The van der Waals surface area contributed by atoms with E-state index in [2.05, 4.69) is 0 Å². The van der Waals surface area contributed by atoms with Crippen LogP contribution < -0.4 is 11.5 Å². The fourth-order valence-electron chi connectivity index (χ4n) is 1.03. The largest absolute Gasteiger partial charge is 0.475 e. The van der Waals surface area contributed by atoms with Crippen LogP contribution in [0.4, 0.5) is 0 Å². The number of aliphatic carboxylic acids is 1. The van der Waals surface area contributed by atoms with Crippen molar-refractivity contribution in [1.29, 1.82) is 5.41 Å². The minimum Gasteiger partial charge on any atom is -0.475 e. The number of hydrogen-bond donors (Lipinski definition) is 4. The van der Waals surface area contributed by atoms with Gasteiger partial charge in [-0.25, -0.2) is 4.79 Å². The van der Waals surface area contributed by atoms with Crippen molar-refractivity contribution >= 4 is 11.8 Å². The number of hydrogen-bond acceptors (Lipinski definition) is 4. The lowest BCUT2D eigenvalue weighted by Gasteiger charge is -2.31. The van der Waals surface area contributed by atoms with E-state index in [1.165, 1.54) is 6.08 Å². The molecule has 0 amide bonds. The number of ether oxygens (including phenoxy) is 1. The number of rotatable bonds is 2. The molecule has 6 heteroatoms. The highest BCUT2D eigenvalue weighted by atomic mass is 16.5. The fourth-order valence-corrected chi connectivity index (χ4v) is 1.03. The molecule has 1 rings (SSSR count). The molecule has 0 aromatic carbocycles. The van der Waals surface area contributed by atoms with E-state index in [4.69, 9.17) is 26.7 Å². The maximum absolute atomic E-state index is 10.5. The lowest BCUT2D eigenvalue weighted by molar-refractivity contribution is -0.139. The minimum absolute atomic E-state index is 0.246. The Kier molecular flexibility index (Phi) is 2.24. The van der Waals surface area contributed by atoms with Gasteiger partial charge in [-0.05, 0) is 12.5 Å². The van der Waals surface area contributed by atoms with Crippen LogP contribution in [0.1, 0.15) is 12.8 Å². The monoisotopic (exact) mass is 185 g/mol. The first-order valence-electron chi connectivity index (χ1n) is 3.71. The summed E-state index contributed by atoms with van der Waals surface area (Å²) in [4.78, 5) is 10.5. The average molecular weight is 185 g/mol. The van der Waals surface area contributed by atoms with Crippen LogP contribution in [-0.4, -0.2) is 22.6 Å². The van der Waals surface area contributed by atoms with Gasteiger partial charge in [-0.15, -0.1) is 0 Å². The maximum Gasteiger partial charge on any atom is 0.370 e. The molecule has 6 N–H and O–H groups in total. The van der Waals surface area contributed by atoms with Gasteiger partial charge in [-0.3, -0.25) is 11.1 Å². The molecule has 0 fully saturated rings. The molecule has 1 unspecified atom stereocenters. The highest BCUT2D eigenvalue weighted by molar-refractivity contribution is 5.89. The summed E-state index contributed by atoms with van der Waals surface area (Å²) in [5, 5.41) is 15.7. The number of carboxylic acids is 1. The first kappa shape index (κ1) is 9.53. The zero-order valence-electron chi connectivity index (χ0n) is 6.91. The standard InChI is InChI=1S/C7H11N3O3/c8-6(9)7(10)3-1-2-4(13-7)5(11)12/h2H,1,3,10H2,(H3,8,9)(H,11,12). The molecule has 1 heterocycles. The fraction of sp³-hybridized carbons (Fsp3) is 0.429. The van der Waals surface area contributed by atoms with Gasteiger partial charge in [0.05, 0.1) is 0 Å². The molecule has 0 saturated heterocycles. The van der Waals surface area contributed by atoms with Crippen molar-refractivity contribution in [2.45, 2.75) is 18.6 Å². The van der Waals surface area contributed by atoms with Crippen molar-refractivity contribution in [1.82, 2.24) is 0 Å². The lowest BCUT2D eigenvalue weighted by atomic mass is 10.0. The molecule has 72 valence electrons. The van der Waals surface area contributed by atoms with Crippen LogP contribution in [0.25, 0.3) is 0 Å². The predicted octanol–water partition coefficient (Wildman–Crippen LogP) is -0.644. The summed E-state index contributed by atoms with van der Waals surface area (Å²) in [5.74, 6) is -1.81. The van der Waals surface area contributed by atoms with Crippen molar-refractivity contribution in [3.05, 3.63) is 11.8 Å². The second-order valence-corrected chi connectivity index (χ2v) is 2.82. The smallest absolute Gasteiger partial charge is 0.370 e. The summed E-state index contributed by atoms with van der Waals surface area (Å²) in [7, 11) is 0. The summed E-state index contributed by atoms with van der Waals surface area (Å²) < 4.78 is 4.89. The maximum atomic E-state index is 10.5. The lowest BCUT2D eigenvalue weighted by Crippen LogP contribution is -2.55. The molecule has 0 saturated carbocycles. The van der Waals surface area contributed by atoms with Crippen LogP contribution in [-0.2, 0) is 9.53 Å². The van der Waals surface area contributed by atoms with Gasteiger partial charge in [0.25, 0.3) is 0 Å². The van der Waals surface area contributed by atoms with Gasteiger partial charge in [0.1, 0.15) is 0 Å². The van der Waals surface area contributed by atoms with E-state index in [9.17, 15) is 4.79 Å². The van der Waals surface area contributed by atoms with Gasteiger partial charge in [0, 0.05) is 6.42 Å². The number of allylic oxidation sites excluding steroid dienone is 1. The van der Waals surface area contributed by atoms with Crippen molar-refractivity contribution in [2.24, 2.45) is 11.5 Å². The van der Waals surface area contributed by atoms with Gasteiger partial charge >= 0.3 is 5.97 Å². The normalized spacial score (nSPS) is 27.3. The quantitative estimate of drug-likeness (QED) is 0.336. The Morgan fingerprint density at radius 1 is 1.77 bits per heavy atom. The first-order valence-corrected chi connectivity index (χ1v) is 3.71. The second-order valence-electron chi connectivity index (χ2n) is 2.82. The molecule has 0 aromatic rings. The minimum atomic E-state index is -1.46. The number of carboxylic acid groups (broad SMARTS) is 1. The van der Waals surface area contributed by atoms with Crippen molar-refractivity contribution in [3.63, 3.8) is 0 Å². The molecule has 1 aliphatic rings. The number of nitrogens with two attached hydrogens (primary N) is 2. The van der Waals surface area contributed by atoms with Crippen LogP contribution in [0.2, 0.25) is 0 Å². The van der Waals surface area contributed by atoms with Crippen molar-refractivity contribution in [2.75, 3.05) is 0 Å². The average Bonchev–Trinajstić information content (AvgIpc) is 2.04. The molecular formula is C7H11N3O3. The number of amidine groups is 1. The molecule has 13 heavy (non-hydrogen) atoms. The van der Waals surface area contributed by atoms with Gasteiger partial charge in [-0.1, -0.05) is 0 Å². The Bertz CT molecular complexity index is 287. The molecule has 1 aliphatic heterocycles. The predicted molar refractivity (Wildman–Crippen MR) is 44.9 cm³/mol. The molecule has 0 radical (unpaired) electrons. The van der Waals surface area contributed by atoms with E-state index in [0.717, 1.165) is 0 Å². The summed E-state index contributed by atoms with van der Waals surface area (Å²) in [6.45, 7) is 0. The van der Waals surface area contributed by atoms with E-state index < -0.39 is 11.7 Å². The van der Waals surface area contributed by atoms with Gasteiger partial charge in [0.15, 0.2) is 5.84 Å². The Balaban J connectivity index is 2.84. The first-order chi connectivity index (χ1) is 5.96. The third-order valence-corrected chi connectivity index (χ3v) is 1.80. The SMILES string of the molecule is N=C(N)C1(N)CCC=C(C(=O)O)O1. The Labute approximate surface area is 74.7 Å². The summed E-state index contributed by atoms with van der Waals surface area (Å²) in [6, 6.07) is 0. The summed E-state index contributed by atoms with van der Waals surface area (Å²) in [5.41, 5.74) is 9.28. The molecular weight excluding hydrogens is 174 g/mol. The molecule has 6 nitrogen and oxygen atoms in total. The summed E-state index contributed by atoms with van der Waals surface area (Å²) in [6.07, 6.45) is 2.17. The zero-order chi connectivity index (χ0) is 10.1. The Hall–Kier alpha value is -1.56. The number of carbonyl (C=O) groups is 1. The summed E-state index contributed by atoms with van der Waals surface area (Å²) >= 11 is 0. The van der Waals surface area contributed by atoms with Crippen LogP contribution in [0.5, 0.6) is 0 Å². The molecule has 0 bridgehead atoms. The number of nitrogens with one attached hydrogen (secondary N) is 1. The van der Waals surface area contributed by atoms with Gasteiger partial charge < -0.3 is 15.6 Å². The van der Waals surface area contributed by atoms with Crippen molar-refractivity contribution < 1.29 is 14.6 Å². The van der Waals surface area contributed by atoms with E-state index in [1.807, 2.05) is 0 Å². The van der Waals surface area contributed by atoms with Crippen molar-refractivity contribution in [3.8, 4) is 0 Å². The molecule has 0 spiro atoms. The van der Waals surface area contributed by atoms with E-state index in [-0.39, 0.29) is 11.6 Å². The Morgan fingerprint density at radius 2 is 2.38 bits per heavy atom. The molecule has 0 aliphatic carbocycles. The zero-order valence-corrected chi connectivity index (χ0v) is 6.91. The highest BCUT2D eigenvalue weighted by Gasteiger charge is 2.35. The van der Waals surface area contributed by atoms with Crippen LogP contribution in [0.3, 0.4) is 0 Å². The van der Waals surface area contributed by atoms with Crippen LogP contribution in [0, 0.1) is 5.41 Å². The third-order valence-electron chi connectivity index (χ3n) is 1.80. The molecule has 1 atom stereocenters. The second kappa shape index (κ2) is 3.06. The Morgan fingerprint density at radius 3 is 2.85 bits per heavy atom.